The van der Waals surface area contributed by atoms with Crippen LogP contribution in [0.2, 0.25) is 0 Å². The number of ether oxygens (including phenoxy) is 1. The molecule has 2 aromatic rings. The average molecular weight is 367 g/mol. The van der Waals surface area contributed by atoms with Gasteiger partial charge in [0, 0.05) is 6.42 Å². The number of hydrogen-bond donors (Lipinski definition) is 1. The van der Waals surface area contributed by atoms with Crippen molar-refractivity contribution in [1.82, 2.24) is 9.97 Å². The summed E-state index contributed by atoms with van der Waals surface area (Å²) in [5, 5.41) is 0. The summed E-state index contributed by atoms with van der Waals surface area (Å²) in [6, 6.07) is 8.05. The fourth-order valence-electron chi connectivity index (χ4n) is 2.24. The number of para-hydroxylation sites is 1. The van der Waals surface area contributed by atoms with Crippen molar-refractivity contribution in [3.05, 3.63) is 44.9 Å². The molecule has 1 aromatic carbocycles. The van der Waals surface area contributed by atoms with Gasteiger partial charge in [-0.15, -0.1) is 0 Å². The molecule has 5 heteroatoms. The van der Waals surface area contributed by atoms with E-state index in [1.54, 1.807) is 0 Å². The van der Waals surface area contributed by atoms with Crippen LogP contribution in [0.25, 0.3) is 0 Å². The lowest BCUT2D eigenvalue weighted by Crippen LogP contribution is -2.13. The average Bonchev–Trinajstić information content (AvgIpc) is 2.85. The Labute approximate surface area is 125 Å². The highest BCUT2D eigenvalue weighted by molar-refractivity contribution is 14.1. The van der Waals surface area contributed by atoms with Crippen LogP contribution in [0.3, 0.4) is 0 Å². The second-order valence-electron chi connectivity index (χ2n) is 4.50. The SMILES string of the molecule is CCc1nc(C2Cc3ccccc3O2)nc(N)c1I. The van der Waals surface area contributed by atoms with Crippen LogP contribution in [0.5, 0.6) is 5.75 Å². The van der Waals surface area contributed by atoms with Crippen molar-refractivity contribution >= 4 is 28.4 Å². The first kappa shape index (κ1) is 12.7. The number of halogens is 1. The zero-order chi connectivity index (χ0) is 13.4. The van der Waals surface area contributed by atoms with Crippen LogP contribution < -0.4 is 10.5 Å². The highest BCUT2D eigenvalue weighted by atomic mass is 127. The number of rotatable bonds is 2. The molecule has 0 amide bonds. The van der Waals surface area contributed by atoms with Crippen LogP contribution in [0, 0.1) is 3.57 Å². The molecule has 0 aliphatic carbocycles. The Morgan fingerprint density at radius 2 is 2.16 bits per heavy atom. The minimum Gasteiger partial charge on any atom is -0.482 e. The van der Waals surface area contributed by atoms with E-state index < -0.39 is 0 Å². The Bertz CT molecular complexity index is 605. The van der Waals surface area contributed by atoms with Gasteiger partial charge in [-0.3, -0.25) is 0 Å². The first-order valence-electron chi connectivity index (χ1n) is 6.25. The number of anilines is 1. The van der Waals surface area contributed by atoms with Crippen LogP contribution in [0.4, 0.5) is 5.82 Å². The minimum absolute atomic E-state index is 0.123. The number of nitrogen functional groups attached to an aromatic ring is 1. The van der Waals surface area contributed by atoms with Crippen LogP contribution in [0.15, 0.2) is 24.3 Å². The summed E-state index contributed by atoms with van der Waals surface area (Å²) in [5.41, 5.74) is 8.14. The van der Waals surface area contributed by atoms with Gasteiger partial charge in [-0.25, -0.2) is 9.97 Å². The topological polar surface area (TPSA) is 61.0 Å². The molecule has 1 atom stereocenters. The summed E-state index contributed by atoms with van der Waals surface area (Å²) in [5.74, 6) is 2.15. The number of aromatic nitrogens is 2. The normalized spacial score (nSPS) is 17.1. The van der Waals surface area contributed by atoms with Gasteiger partial charge in [-0.1, -0.05) is 25.1 Å². The van der Waals surface area contributed by atoms with E-state index in [0.29, 0.717) is 11.6 Å². The maximum absolute atomic E-state index is 5.96. The van der Waals surface area contributed by atoms with Crippen LogP contribution >= 0.6 is 22.6 Å². The Morgan fingerprint density at radius 3 is 2.89 bits per heavy atom. The second kappa shape index (κ2) is 4.96. The smallest absolute Gasteiger partial charge is 0.172 e. The summed E-state index contributed by atoms with van der Waals surface area (Å²) in [6.07, 6.45) is 1.53. The van der Waals surface area contributed by atoms with Crippen molar-refractivity contribution in [2.24, 2.45) is 0 Å². The molecule has 0 bridgehead atoms. The maximum Gasteiger partial charge on any atom is 0.172 e. The van der Waals surface area contributed by atoms with E-state index in [0.717, 1.165) is 27.9 Å². The summed E-state index contributed by atoms with van der Waals surface area (Å²) >= 11 is 2.19. The third-order valence-corrected chi connectivity index (χ3v) is 4.41. The number of fused-ring (bicyclic) bond motifs is 1. The molecule has 4 nitrogen and oxygen atoms in total. The monoisotopic (exact) mass is 367 g/mol. The molecular weight excluding hydrogens is 353 g/mol. The molecule has 0 spiro atoms. The van der Waals surface area contributed by atoms with E-state index in [9.17, 15) is 0 Å². The lowest BCUT2D eigenvalue weighted by Gasteiger charge is -2.12. The van der Waals surface area contributed by atoms with Crippen LogP contribution in [0.1, 0.15) is 30.1 Å². The van der Waals surface area contributed by atoms with E-state index in [2.05, 4.69) is 45.5 Å². The highest BCUT2D eigenvalue weighted by Gasteiger charge is 2.27. The Kier molecular flexibility index (Phi) is 3.30. The number of hydrogen-bond acceptors (Lipinski definition) is 4. The summed E-state index contributed by atoms with van der Waals surface area (Å²) in [6.45, 7) is 2.07. The molecule has 1 aliphatic rings. The highest BCUT2D eigenvalue weighted by Crippen LogP contribution is 2.35. The Hall–Kier alpha value is -1.37. The number of aryl methyl sites for hydroxylation is 1. The van der Waals surface area contributed by atoms with Crippen molar-refractivity contribution in [2.45, 2.75) is 25.9 Å². The Morgan fingerprint density at radius 1 is 1.37 bits per heavy atom. The molecular formula is C14H14IN3O. The fourth-order valence-corrected chi connectivity index (χ4v) is 2.86. The molecule has 0 saturated carbocycles. The quantitative estimate of drug-likeness (QED) is 0.830. The molecule has 19 heavy (non-hydrogen) atoms. The largest absolute Gasteiger partial charge is 0.482 e. The number of benzene rings is 1. The van der Waals surface area contributed by atoms with Gasteiger partial charge in [0.25, 0.3) is 0 Å². The van der Waals surface area contributed by atoms with Gasteiger partial charge < -0.3 is 10.5 Å². The van der Waals surface area contributed by atoms with Crippen LogP contribution in [-0.2, 0) is 12.8 Å². The van der Waals surface area contributed by atoms with Gasteiger partial charge in [0.15, 0.2) is 11.9 Å². The van der Waals surface area contributed by atoms with Gasteiger partial charge in [-0.2, -0.15) is 0 Å². The lowest BCUT2D eigenvalue weighted by molar-refractivity contribution is 0.227. The molecule has 1 unspecified atom stereocenters. The van der Waals surface area contributed by atoms with E-state index in [1.165, 1.54) is 5.56 Å². The molecule has 2 heterocycles. The lowest BCUT2D eigenvalue weighted by atomic mass is 10.1. The molecule has 1 aromatic heterocycles. The fraction of sp³-hybridized carbons (Fsp3) is 0.286. The Balaban J connectivity index is 1.95. The molecule has 3 rings (SSSR count). The van der Waals surface area contributed by atoms with E-state index in [-0.39, 0.29) is 6.10 Å². The third-order valence-electron chi connectivity index (χ3n) is 3.23. The van der Waals surface area contributed by atoms with Gasteiger partial charge in [0.05, 0.1) is 9.26 Å². The molecule has 2 N–H and O–H groups in total. The zero-order valence-corrected chi connectivity index (χ0v) is 12.7. The van der Waals surface area contributed by atoms with E-state index >= 15 is 0 Å². The van der Waals surface area contributed by atoms with E-state index in [1.807, 2.05) is 18.2 Å². The third kappa shape index (κ3) is 2.27. The zero-order valence-electron chi connectivity index (χ0n) is 10.6. The van der Waals surface area contributed by atoms with Crippen molar-refractivity contribution in [3.8, 4) is 5.75 Å². The first-order valence-corrected chi connectivity index (χ1v) is 7.33. The molecule has 0 saturated heterocycles. The molecule has 98 valence electrons. The van der Waals surface area contributed by atoms with Crippen molar-refractivity contribution in [2.75, 3.05) is 5.73 Å². The molecule has 1 aliphatic heterocycles. The van der Waals surface area contributed by atoms with Crippen LogP contribution in [-0.4, -0.2) is 9.97 Å². The van der Waals surface area contributed by atoms with Crippen molar-refractivity contribution in [1.29, 1.82) is 0 Å². The number of nitrogens with two attached hydrogens (primary N) is 1. The predicted octanol–water partition coefficient (Wildman–Crippen LogP) is 2.90. The summed E-state index contributed by atoms with van der Waals surface area (Å²) in [4.78, 5) is 8.97. The first-order chi connectivity index (χ1) is 9.19. The van der Waals surface area contributed by atoms with Gasteiger partial charge in [0.2, 0.25) is 0 Å². The maximum atomic E-state index is 5.96. The second-order valence-corrected chi connectivity index (χ2v) is 5.58. The predicted molar refractivity (Wildman–Crippen MR) is 82.1 cm³/mol. The standard InChI is InChI=1S/C14H14IN3O/c1-2-9-12(15)13(16)18-14(17-9)11-7-8-5-3-4-6-10(8)19-11/h3-6,11H,2,7H2,1H3,(H2,16,17,18). The molecule has 0 radical (unpaired) electrons. The van der Waals surface area contributed by atoms with Crippen molar-refractivity contribution < 1.29 is 4.74 Å². The number of nitrogens with zero attached hydrogens (tertiary/aromatic N) is 2. The van der Waals surface area contributed by atoms with Gasteiger partial charge in [-0.05, 0) is 40.6 Å². The summed E-state index contributed by atoms with van der Waals surface area (Å²) < 4.78 is 6.85. The van der Waals surface area contributed by atoms with Crippen molar-refractivity contribution in [3.63, 3.8) is 0 Å². The summed E-state index contributed by atoms with van der Waals surface area (Å²) in [7, 11) is 0. The van der Waals surface area contributed by atoms with Gasteiger partial charge in [0.1, 0.15) is 11.6 Å². The molecule has 0 fully saturated rings. The van der Waals surface area contributed by atoms with E-state index in [4.69, 9.17) is 10.5 Å². The van der Waals surface area contributed by atoms with Gasteiger partial charge >= 0.3 is 0 Å². The minimum atomic E-state index is -0.123.